The molecule has 1 fully saturated rings. The second kappa shape index (κ2) is 10.5. The van der Waals surface area contributed by atoms with Gasteiger partial charge >= 0.3 is 0 Å². The van der Waals surface area contributed by atoms with Crippen molar-refractivity contribution < 1.29 is 9.18 Å². The zero-order valence-electron chi connectivity index (χ0n) is 16.8. The first-order valence-electron chi connectivity index (χ1n) is 9.93. The Morgan fingerprint density at radius 3 is 2.38 bits per heavy atom. The van der Waals surface area contributed by atoms with Crippen molar-refractivity contribution >= 4 is 17.6 Å². The van der Waals surface area contributed by atoms with Gasteiger partial charge in [-0.1, -0.05) is 36.4 Å². The van der Waals surface area contributed by atoms with Gasteiger partial charge in [0.2, 0.25) is 5.91 Å². The smallest absolute Gasteiger partial charge is 0.242 e. The lowest BCUT2D eigenvalue weighted by atomic mass is 10.1. The van der Waals surface area contributed by atoms with Gasteiger partial charge in [0.1, 0.15) is 5.82 Å². The summed E-state index contributed by atoms with van der Waals surface area (Å²) in [7, 11) is 1.65. The first-order valence-corrected chi connectivity index (χ1v) is 9.93. The Balaban J connectivity index is 1.38. The van der Waals surface area contributed by atoms with Crippen LogP contribution in [0.3, 0.4) is 0 Å². The van der Waals surface area contributed by atoms with E-state index >= 15 is 0 Å². The summed E-state index contributed by atoms with van der Waals surface area (Å²) in [6, 6.07) is 17.0. The van der Waals surface area contributed by atoms with E-state index in [0.29, 0.717) is 37.6 Å². The number of carbonyl (C=O) groups is 1. The number of anilines is 1. The predicted molar refractivity (Wildman–Crippen MR) is 115 cm³/mol. The predicted octanol–water partition coefficient (Wildman–Crippen LogP) is 1.88. The molecule has 1 heterocycles. The molecule has 0 spiro atoms. The topological polar surface area (TPSA) is 60.0 Å². The monoisotopic (exact) mass is 397 g/mol. The molecule has 0 bridgehead atoms. The number of hydrogen-bond donors (Lipinski definition) is 2. The van der Waals surface area contributed by atoms with Crippen LogP contribution in [0.25, 0.3) is 0 Å². The van der Waals surface area contributed by atoms with Crippen LogP contribution in [-0.2, 0) is 11.2 Å². The minimum atomic E-state index is -0.206. The molecule has 1 amide bonds. The fourth-order valence-electron chi connectivity index (χ4n) is 3.36. The quantitative estimate of drug-likeness (QED) is 0.577. The molecular weight excluding hydrogens is 369 g/mol. The molecule has 0 aromatic heterocycles. The van der Waals surface area contributed by atoms with E-state index in [1.165, 1.54) is 11.8 Å². The summed E-state index contributed by atoms with van der Waals surface area (Å²) in [6.07, 6.45) is 0.544. The molecule has 1 aliphatic rings. The third kappa shape index (κ3) is 5.94. The number of halogens is 1. The van der Waals surface area contributed by atoms with Crippen LogP contribution in [0.2, 0.25) is 0 Å². The number of para-hydroxylation sites is 1. The highest BCUT2D eigenvalue weighted by Gasteiger charge is 2.21. The van der Waals surface area contributed by atoms with E-state index in [-0.39, 0.29) is 18.3 Å². The Hall–Kier alpha value is -3.09. The minimum Gasteiger partial charge on any atom is -0.368 e. The van der Waals surface area contributed by atoms with Crippen molar-refractivity contribution in [2.75, 3.05) is 51.2 Å². The van der Waals surface area contributed by atoms with Gasteiger partial charge in [0.05, 0.1) is 6.54 Å². The maximum absolute atomic E-state index is 13.7. The third-order valence-electron chi connectivity index (χ3n) is 5.03. The van der Waals surface area contributed by atoms with Crippen molar-refractivity contribution in [1.82, 2.24) is 15.5 Å². The number of nitrogens with zero attached hydrogens (tertiary/aromatic N) is 3. The Morgan fingerprint density at radius 2 is 1.69 bits per heavy atom. The molecule has 2 aromatic carbocycles. The average molecular weight is 397 g/mol. The standard InChI is InChI=1S/C22H28FN5O/c1-24-22(25-12-11-18-7-5-6-10-20(18)23)26-17-21(29)28-15-13-27(14-16-28)19-8-3-2-4-9-19/h2-10H,11-17H2,1H3,(H2,24,25,26). The van der Waals surface area contributed by atoms with E-state index < -0.39 is 0 Å². The fourth-order valence-corrected chi connectivity index (χ4v) is 3.36. The molecule has 3 rings (SSSR count). The lowest BCUT2D eigenvalue weighted by molar-refractivity contribution is -0.130. The van der Waals surface area contributed by atoms with Gasteiger partial charge < -0.3 is 20.4 Å². The zero-order valence-corrected chi connectivity index (χ0v) is 16.8. The Labute approximate surface area is 171 Å². The second-order valence-corrected chi connectivity index (χ2v) is 6.90. The van der Waals surface area contributed by atoms with Gasteiger partial charge in [0, 0.05) is 45.5 Å². The largest absolute Gasteiger partial charge is 0.368 e. The molecule has 1 saturated heterocycles. The van der Waals surface area contributed by atoms with Crippen LogP contribution < -0.4 is 15.5 Å². The van der Waals surface area contributed by atoms with E-state index in [0.717, 1.165) is 13.1 Å². The summed E-state index contributed by atoms with van der Waals surface area (Å²) >= 11 is 0. The lowest BCUT2D eigenvalue weighted by Gasteiger charge is -2.36. The van der Waals surface area contributed by atoms with Crippen molar-refractivity contribution in [1.29, 1.82) is 0 Å². The van der Waals surface area contributed by atoms with Crippen LogP contribution in [0.15, 0.2) is 59.6 Å². The van der Waals surface area contributed by atoms with E-state index in [9.17, 15) is 9.18 Å². The molecule has 7 heteroatoms. The molecule has 154 valence electrons. The van der Waals surface area contributed by atoms with Gasteiger partial charge in [-0.15, -0.1) is 0 Å². The van der Waals surface area contributed by atoms with Gasteiger partial charge in [-0.2, -0.15) is 0 Å². The van der Waals surface area contributed by atoms with Crippen LogP contribution in [-0.4, -0.2) is 63.1 Å². The van der Waals surface area contributed by atoms with Gasteiger partial charge in [0.15, 0.2) is 5.96 Å². The summed E-state index contributed by atoms with van der Waals surface area (Å²) < 4.78 is 13.7. The van der Waals surface area contributed by atoms with Gasteiger partial charge in [-0.25, -0.2) is 4.39 Å². The Morgan fingerprint density at radius 1 is 1.00 bits per heavy atom. The van der Waals surface area contributed by atoms with E-state index in [4.69, 9.17) is 0 Å². The van der Waals surface area contributed by atoms with Gasteiger partial charge in [0.25, 0.3) is 0 Å². The molecule has 0 aliphatic carbocycles. The third-order valence-corrected chi connectivity index (χ3v) is 5.03. The van der Waals surface area contributed by atoms with Gasteiger partial charge in [-0.3, -0.25) is 9.79 Å². The van der Waals surface area contributed by atoms with Crippen molar-refractivity contribution in [2.24, 2.45) is 4.99 Å². The molecule has 2 aromatic rings. The number of hydrogen-bond acceptors (Lipinski definition) is 3. The van der Waals surface area contributed by atoms with E-state index in [1.807, 2.05) is 29.2 Å². The first kappa shape index (κ1) is 20.6. The second-order valence-electron chi connectivity index (χ2n) is 6.90. The molecule has 0 unspecified atom stereocenters. The summed E-state index contributed by atoms with van der Waals surface area (Å²) in [5.41, 5.74) is 1.85. The Bertz CT molecular complexity index is 819. The molecule has 2 N–H and O–H groups in total. The minimum absolute atomic E-state index is 0.0507. The van der Waals surface area contributed by atoms with Crippen LogP contribution in [0, 0.1) is 5.82 Å². The molecule has 0 saturated carbocycles. The number of nitrogens with one attached hydrogen (secondary N) is 2. The van der Waals surface area contributed by atoms with Crippen LogP contribution in [0.5, 0.6) is 0 Å². The maximum atomic E-state index is 13.7. The number of benzene rings is 2. The molecule has 6 nitrogen and oxygen atoms in total. The van der Waals surface area contributed by atoms with Crippen molar-refractivity contribution in [3.63, 3.8) is 0 Å². The average Bonchev–Trinajstić information content (AvgIpc) is 2.78. The number of carbonyl (C=O) groups excluding carboxylic acids is 1. The Kier molecular flexibility index (Phi) is 7.44. The summed E-state index contributed by atoms with van der Waals surface area (Å²) in [5.74, 6) is 0.384. The molecular formula is C22H28FN5O. The SMILES string of the molecule is CN=C(NCCc1ccccc1F)NCC(=O)N1CCN(c2ccccc2)CC1. The van der Waals surface area contributed by atoms with Crippen LogP contribution in [0.1, 0.15) is 5.56 Å². The molecule has 1 aliphatic heterocycles. The number of rotatable bonds is 6. The van der Waals surface area contributed by atoms with Crippen LogP contribution in [0.4, 0.5) is 10.1 Å². The number of guanidine groups is 1. The number of piperazine rings is 1. The fraction of sp³-hybridized carbons (Fsp3) is 0.364. The highest BCUT2D eigenvalue weighted by atomic mass is 19.1. The number of amides is 1. The zero-order chi connectivity index (χ0) is 20.5. The van der Waals surface area contributed by atoms with Crippen molar-refractivity contribution in [3.05, 3.63) is 66.0 Å². The summed E-state index contributed by atoms with van der Waals surface area (Å²) in [5, 5.41) is 6.18. The molecule has 0 radical (unpaired) electrons. The highest BCUT2D eigenvalue weighted by molar-refractivity contribution is 5.86. The first-order chi connectivity index (χ1) is 14.2. The molecule has 0 atom stereocenters. The maximum Gasteiger partial charge on any atom is 0.242 e. The number of aliphatic imine (C=N–C) groups is 1. The van der Waals surface area contributed by atoms with Crippen LogP contribution >= 0.6 is 0 Å². The summed E-state index contributed by atoms with van der Waals surface area (Å²) in [4.78, 5) is 20.8. The van der Waals surface area contributed by atoms with E-state index in [2.05, 4.69) is 32.7 Å². The normalized spacial score (nSPS) is 14.6. The van der Waals surface area contributed by atoms with Crippen molar-refractivity contribution in [2.45, 2.75) is 6.42 Å². The van der Waals surface area contributed by atoms with E-state index in [1.54, 1.807) is 19.2 Å². The van der Waals surface area contributed by atoms with Crippen molar-refractivity contribution in [3.8, 4) is 0 Å². The highest BCUT2D eigenvalue weighted by Crippen LogP contribution is 2.15. The van der Waals surface area contributed by atoms with Gasteiger partial charge in [-0.05, 0) is 30.2 Å². The molecule has 29 heavy (non-hydrogen) atoms. The lowest BCUT2D eigenvalue weighted by Crippen LogP contribution is -2.52. The summed E-state index contributed by atoms with van der Waals surface area (Å²) in [6.45, 7) is 3.77.